The van der Waals surface area contributed by atoms with E-state index >= 15 is 0 Å². The van der Waals surface area contributed by atoms with Crippen LogP contribution >= 0.6 is 0 Å². The lowest BCUT2D eigenvalue weighted by Crippen LogP contribution is -2.47. The number of amides is 2. The number of carbonyl (C=O) groups excluding carboxylic acids is 2. The third-order valence-electron chi connectivity index (χ3n) is 7.01. The smallest absolute Gasteiger partial charge is 0.254 e. The quantitative estimate of drug-likeness (QED) is 0.836. The second kappa shape index (κ2) is 7.66. The van der Waals surface area contributed by atoms with Crippen LogP contribution in [0.25, 0.3) is 0 Å². The number of nitrogens with one attached hydrogen (secondary N) is 1. The Labute approximate surface area is 172 Å². The molecule has 150 valence electrons. The summed E-state index contributed by atoms with van der Waals surface area (Å²) in [6.45, 7) is 0. The van der Waals surface area contributed by atoms with Gasteiger partial charge in [0.1, 0.15) is 6.04 Å². The Kier molecular flexibility index (Phi) is 4.86. The fourth-order valence-electron chi connectivity index (χ4n) is 5.59. The summed E-state index contributed by atoms with van der Waals surface area (Å²) in [6.07, 6.45) is 8.66. The lowest BCUT2D eigenvalue weighted by molar-refractivity contribution is -0.120. The number of benzene rings is 2. The van der Waals surface area contributed by atoms with Crippen molar-refractivity contribution in [1.82, 2.24) is 4.90 Å². The van der Waals surface area contributed by atoms with Gasteiger partial charge in [0.25, 0.3) is 5.91 Å². The minimum absolute atomic E-state index is 0.00546. The van der Waals surface area contributed by atoms with Crippen LogP contribution in [0.15, 0.2) is 48.5 Å². The SMILES string of the molecule is O=C(Nc1ccc2c(c1)CCC2)C1CC2CCCCC2N1C(=O)c1ccccc1. The number of aryl methyl sites for hydroxylation is 2. The topological polar surface area (TPSA) is 49.4 Å². The minimum Gasteiger partial charge on any atom is -0.324 e. The molecule has 4 heteroatoms. The van der Waals surface area contributed by atoms with Crippen molar-refractivity contribution < 1.29 is 9.59 Å². The molecule has 1 saturated heterocycles. The van der Waals surface area contributed by atoms with E-state index in [0.29, 0.717) is 11.5 Å². The van der Waals surface area contributed by atoms with Crippen molar-refractivity contribution in [3.8, 4) is 0 Å². The molecule has 3 aliphatic rings. The summed E-state index contributed by atoms with van der Waals surface area (Å²) in [5.74, 6) is 0.392. The molecule has 0 aromatic heterocycles. The van der Waals surface area contributed by atoms with Crippen LogP contribution in [-0.2, 0) is 17.6 Å². The molecule has 5 rings (SSSR count). The van der Waals surface area contributed by atoms with Crippen molar-refractivity contribution in [1.29, 1.82) is 0 Å². The number of likely N-dealkylation sites (tertiary alicyclic amines) is 1. The molecule has 2 aromatic rings. The first-order valence-corrected chi connectivity index (χ1v) is 11.0. The molecule has 2 aliphatic carbocycles. The number of rotatable bonds is 3. The maximum atomic E-state index is 13.4. The molecule has 3 unspecified atom stereocenters. The second-order valence-electron chi connectivity index (χ2n) is 8.77. The van der Waals surface area contributed by atoms with E-state index in [4.69, 9.17) is 0 Å². The Bertz CT molecular complexity index is 924. The standard InChI is InChI=1S/C25H28N2O2/c28-24(26-21-14-13-17-10-6-11-19(17)15-21)23-16-20-9-4-5-12-22(20)27(23)25(29)18-7-2-1-3-8-18/h1-3,7-8,13-15,20,22-23H,4-6,9-12,16H2,(H,26,28). The highest BCUT2D eigenvalue weighted by molar-refractivity contribution is 6.02. The average molecular weight is 389 g/mol. The van der Waals surface area contributed by atoms with Crippen molar-refractivity contribution in [3.05, 3.63) is 65.2 Å². The van der Waals surface area contributed by atoms with Crippen LogP contribution in [0.1, 0.15) is 60.0 Å². The summed E-state index contributed by atoms with van der Waals surface area (Å²) >= 11 is 0. The predicted octanol–water partition coefficient (Wildman–Crippen LogP) is 4.59. The van der Waals surface area contributed by atoms with Crippen LogP contribution in [-0.4, -0.2) is 28.8 Å². The van der Waals surface area contributed by atoms with Gasteiger partial charge in [-0.2, -0.15) is 0 Å². The van der Waals surface area contributed by atoms with Crippen LogP contribution < -0.4 is 5.32 Å². The van der Waals surface area contributed by atoms with Crippen molar-refractivity contribution in [3.63, 3.8) is 0 Å². The predicted molar refractivity (Wildman–Crippen MR) is 114 cm³/mol. The Balaban J connectivity index is 1.40. The number of anilines is 1. The van der Waals surface area contributed by atoms with E-state index in [-0.39, 0.29) is 23.9 Å². The Hall–Kier alpha value is -2.62. The van der Waals surface area contributed by atoms with Crippen LogP contribution in [0.5, 0.6) is 0 Å². The van der Waals surface area contributed by atoms with Gasteiger partial charge in [0.2, 0.25) is 5.91 Å². The summed E-state index contributed by atoms with van der Waals surface area (Å²) in [7, 11) is 0. The molecule has 3 atom stereocenters. The summed E-state index contributed by atoms with van der Waals surface area (Å²) in [5, 5.41) is 3.13. The van der Waals surface area contributed by atoms with Crippen molar-refractivity contribution in [2.45, 2.75) is 63.5 Å². The highest BCUT2D eigenvalue weighted by Gasteiger charge is 2.47. The van der Waals surface area contributed by atoms with Crippen molar-refractivity contribution in [2.24, 2.45) is 5.92 Å². The molecule has 0 radical (unpaired) electrons. The third-order valence-corrected chi connectivity index (χ3v) is 7.01. The van der Waals surface area contributed by atoms with Gasteiger partial charge in [0.15, 0.2) is 0 Å². The first kappa shape index (κ1) is 18.4. The normalized spacial score (nSPS) is 25.4. The van der Waals surface area contributed by atoms with E-state index < -0.39 is 0 Å². The monoisotopic (exact) mass is 388 g/mol. The van der Waals surface area contributed by atoms with Crippen LogP contribution in [0.4, 0.5) is 5.69 Å². The zero-order chi connectivity index (χ0) is 19.8. The summed E-state index contributed by atoms with van der Waals surface area (Å²) in [6, 6.07) is 15.5. The fraction of sp³-hybridized carbons (Fsp3) is 0.440. The maximum absolute atomic E-state index is 13.4. The number of hydrogen-bond donors (Lipinski definition) is 1. The lowest BCUT2D eigenvalue weighted by atomic mass is 9.84. The van der Waals surface area contributed by atoms with Gasteiger partial charge in [-0.3, -0.25) is 9.59 Å². The zero-order valence-corrected chi connectivity index (χ0v) is 16.8. The molecule has 1 heterocycles. The molecule has 2 amide bonds. The van der Waals surface area contributed by atoms with E-state index in [2.05, 4.69) is 17.4 Å². The Morgan fingerprint density at radius 1 is 0.897 bits per heavy atom. The maximum Gasteiger partial charge on any atom is 0.254 e. The molecule has 1 N–H and O–H groups in total. The molecule has 1 aliphatic heterocycles. The van der Waals surface area contributed by atoms with Gasteiger partial charge in [-0.05, 0) is 79.8 Å². The molecule has 2 fully saturated rings. The van der Waals surface area contributed by atoms with Crippen LogP contribution in [0.3, 0.4) is 0 Å². The molecule has 0 bridgehead atoms. The number of carbonyl (C=O) groups is 2. The summed E-state index contributed by atoms with van der Waals surface area (Å²) in [4.78, 5) is 28.6. The van der Waals surface area contributed by atoms with E-state index in [1.165, 1.54) is 24.0 Å². The molecule has 2 aromatic carbocycles. The van der Waals surface area contributed by atoms with Crippen LogP contribution in [0, 0.1) is 5.92 Å². The van der Waals surface area contributed by atoms with E-state index in [9.17, 15) is 9.59 Å². The average Bonchev–Trinajstić information content (AvgIpc) is 3.38. The highest BCUT2D eigenvalue weighted by atomic mass is 16.2. The Morgan fingerprint density at radius 2 is 1.69 bits per heavy atom. The third kappa shape index (κ3) is 3.45. The van der Waals surface area contributed by atoms with Crippen molar-refractivity contribution >= 4 is 17.5 Å². The molecular formula is C25H28N2O2. The number of hydrogen-bond acceptors (Lipinski definition) is 2. The summed E-state index contributed by atoms with van der Waals surface area (Å²) < 4.78 is 0. The molecule has 0 spiro atoms. The van der Waals surface area contributed by atoms with Gasteiger partial charge in [-0.25, -0.2) is 0 Å². The van der Waals surface area contributed by atoms with Crippen LogP contribution in [0.2, 0.25) is 0 Å². The molecule has 1 saturated carbocycles. The highest BCUT2D eigenvalue weighted by Crippen LogP contribution is 2.41. The van der Waals surface area contributed by atoms with Gasteiger partial charge in [-0.15, -0.1) is 0 Å². The zero-order valence-electron chi connectivity index (χ0n) is 16.8. The van der Waals surface area contributed by atoms with Gasteiger partial charge < -0.3 is 10.2 Å². The van der Waals surface area contributed by atoms with E-state index in [0.717, 1.165) is 44.2 Å². The molecule has 29 heavy (non-hydrogen) atoms. The van der Waals surface area contributed by atoms with Gasteiger partial charge in [-0.1, -0.05) is 37.1 Å². The van der Waals surface area contributed by atoms with E-state index in [1.54, 1.807) is 0 Å². The number of nitrogens with zero attached hydrogens (tertiary/aromatic N) is 1. The Morgan fingerprint density at radius 3 is 2.55 bits per heavy atom. The molecular weight excluding hydrogens is 360 g/mol. The van der Waals surface area contributed by atoms with Gasteiger partial charge in [0.05, 0.1) is 0 Å². The van der Waals surface area contributed by atoms with Gasteiger partial charge >= 0.3 is 0 Å². The summed E-state index contributed by atoms with van der Waals surface area (Å²) in [5.41, 5.74) is 4.28. The minimum atomic E-state index is -0.385. The van der Waals surface area contributed by atoms with Crippen molar-refractivity contribution in [2.75, 3.05) is 5.32 Å². The first-order chi connectivity index (χ1) is 14.2. The number of fused-ring (bicyclic) bond motifs is 2. The fourth-order valence-corrected chi connectivity index (χ4v) is 5.59. The van der Waals surface area contributed by atoms with Gasteiger partial charge in [0, 0.05) is 17.3 Å². The lowest BCUT2D eigenvalue weighted by Gasteiger charge is -2.33. The second-order valence-corrected chi connectivity index (χ2v) is 8.77. The van der Waals surface area contributed by atoms with E-state index in [1.807, 2.05) is 41.3 Å². The largest absolute Gasteiger partial charge is 0.324 e. The molecule has 4 nitrogen and oxygen atoms in total. The first-order valence-electron chi connectivity index (χ1n) is 11.0.